The topological polar surface area (TPSA) is 29.5 Å². The minimum atomic E-state index is -0.0770. The average Bonchev–Trinajstić information content (AvgIpc) is 2.87. The Morgan fingerprint density at radius 2 is 1.67 bits per heavy atom. The number of benzene rings is 3. The predicted octanol–water partition coefficient (Wildman–Crippen LogP) is 5.04. The number of hydrogen-bond donors (Lipinski definition) is 0. The molecule has 0 radical (unpaired) electrons. The Labute approximate surface area is 159 Å². The maximum Gasteiger partial charge on any atom is 0.255 e. The highest BCUT2D eigenvalue weighted by atomic mass is 16.5. The molecule has 2 aliphatic heterocycles. The minimum absolute atomic E-state index is 0.0770. The van der Waals surface area contributed by atoms with Gasteiger partial charge in [0.05, 0.1) is 13.2 Å². The second-order valence-corrected chi connectivity index (χ2v) is 7.44. The second kappa shape index (κ2) is 5.71. The summed E-state index contributed by atoms with van der Waals surface area (Å²) in [6.45, 7) is 4.87. The first-order valence-corrected chi connectivity index (χ1v) is 9.27. The Kier molecular flexibility index (Phi) is 3.41. The SMILES string of the molecule is COc1cccc2c1-c1cc(C)c(C)cc1CN1C(=O)c3ccccc3C21. The first kappa shape index (κ1) is 16.1. The minimum Gasteiger partial charge on any atom is -0.496 e. The van der Waals surface area contributed by atoms with E-state index in [9.17, 15) is 4.79 Å². The maximum absolute atomic E-state index is 13.2. The lowest BCUT2D eigenvalue weighted by Crippen LogP contribution is -2.27. The summed E-state index contributed by atoms with van der Waals surface area (Å²) < 4.78 is 5.75. The van der Waals surface area contributed by atoms with Gasteiger partial charge in [-0.05, 0) is 59.4 Å². The van der Waals surface area contributed by atoms with Crippen molar-refractivity contribution in [2.24, 2.45) is 0 Å². The molecule has 3 aromatic rings. The summed E-state index contributed by atoms with van der Waals surface area (Å²) in [6.07, 6.45) is 0. The molecule has 3 aromatic carbocycles. The Hall–Kier alpha value is -3.07. The zero-order valence-corrected chi connectivity index (χ0v) is 15.7. The van der Waals surface area contributed by atoms with Crippen LogP contribution in [-0.4, -0.2) is 17.9 Å². The molecule has 1 amide bonds. The van der Waals surface area contributed by atoms with E-state index in [1.165, 1.54) is 22.3 Å². The number of nitrogens with zero attached hydrogens (tertiary/aromatic N) is 1. The van der Waals surface area contributed by atoms with Gasteiger partial charge in [0.1, 0.15) is 5.75 Å². The number of amides is 1. The zero-order chi connectivity index (χ0) is 18.7. The van der Waals surface area contributed by atoms with Crippen LogP contribution >= 0.6 is 0 Å². The Morgan fingerprint density at radius 3 is 2.48 bits per heavy atom. The summed E-state index contributed by atoms with van der Waals surface area (Å²) in [5.74, 6) is 0.964. The van der Waals surface area contributed by atoms with Crippen molar-refractivity contribution in [2.75, 3.05) is 7.11 Å². The van der Waals surface area contributed by atoms with Crippen molar-refractivity contribution >= 4 is 5.91 Å². The van der Waals surface area contributed by atoms with Crippen molar-refractivity contribution in [3.63, 3.8) is 0 Å². The van der Waals surface area contributed by atoms with Crippen LogP contribution in [0.2, 0.25) is 0 Å². The van der Waals surface area contributed by atoms with Crippen LogP contribution < -0.4 is 4.74 Å². The van der Waals surface area contributed by atoms with Gasteiger partial charge in [0.15, 0.2) is 0 Å². The van der Waals surface area contributed by atoms with Crippen LogP contribution in [0.3, 0.4) is 0 Å². The molecule has 1 atom stereocenters. The van der Waals surface area contributed by atoms with Gasteiger partial charge < -0.3 is 9.64 Å². The van der Waals surface area contributed by atoms with Gasteiger partial charge in [-0.15, -0.1) is 0 Å². The summed E-state index contributed by atoms with van der Waals surface area (Å²) >= 11 is 0. The monoisotopic (exact) mass is 355 g/mol. The molecule has 5 rings (SSSR count). The predicted molar refractivity (Wildman–Crippen MR) is 106 cm³/mol. The molecule has 27 heavy (non-hydrogen) atoms. The molecule has 2 aliphatic rings. The van der Waals surface area contributed by atoms with Crippen molar-refractivity contribution in [3.8, 4) is 16.9 Å². The van der Waals surface area contributed by atoms with Crippen molar-refractivity contribution in [1.29, 1.82) is 0 Å². The summed E-state index contributed by atoms with van der Waals surface area (Å²) in [5, 5.41) is 0. The first-order chi connectivity index (χ1) is 13.1. The number of rotatable bonds is 1. The lowest BCUT2D eigenvalue weighted by atomic mass is 9.88. The van der Waals surface area contributed by atoms with E-state index in [0.717, 1.165) is 28.0 Å². The van der Waals surface area contributed by atoms with E-state index < -0.39 is 0 Å². The van der Waals surface area contributed by atoms with Gasteiger partial charge in [-0.1, -0.05) is 42.5 Å². The molecule has 0 aromatic heterocycles. The molecule has 0 aliphatic carbocycles. The highest BCUT2D eigenvalue weighted by Gasteiger charge is 2.41. The summed E-state index contributed by atoms with van der Waals surface area (Å²) in [4.78, 5) is 15.2. The van der Waals surface area contributed by atoms with E-state index in [1.807, 2.05) is 35.2 Å². The van der Waals surface area contributed by atoms with Gasteiger partial charge in [-0.2, -0.15) is 0 Å². The Morgan fingerprint density at radius 1 is 0.926 bits per heavy atom. The first-order valence-electron chi connectivity index (χ1n) is 9.27. The molecule has 0 saturated carbocycles. The van der Waals surface area contributed by atoms with Gasteiger partial charge in [-0.25, -0.2) is 0 Å². The van der Waals surface area contributed by atoms with Crippen LogP contribution in [0.25, 0.3) is 11.1 Å². The molecule has 3 nitrogen and oxygen atoms in total. The van der Waals surface area contributed by atoms with E-state index >= 15 is 0 Å². The average molecular weight is 355 g/mol. The highest BCUT2D eigenvalue weighted by Crippen LogP contribution is 2.49. The number of carbonyl (C=O) groups excluding carboxylic acids is 1. The van der Waals surface area contributed by atoms with Crippen LogP contribution in [-0.2, 0) is 6.54 Å². The maximum atomic E-state index is 13.2. The summed E-state index contributed by atoms with van der Waals surface area (Å²) in [7, 11) is 1.72. The molecule has 0 bridgehead atoms. The zero-order valence-electron chi connectivity index (χ0n) is 15.7. The summed E-state index contributed by atoms with van der Waals surface area (Å²) in [5.41, 5.74) is 8.97. The molecule has 1 unspecified atom stereocenters. The lowest BCUT2D eigenvalue weighted by Gasteiger charge is -2.24. The van der Waals surface area contributed by atoms with E-state index in [1.54, 1.807) is 7.11 Å². The number of ether oxygens (including phenoxy) is 1. The Bertz CT molecular complexity index is 1100. The van der Waals surface area contributed by atoms with Gasteiger partial charge >= 0.3 is 0 Å². The van der Waals surface area contributed by atoms with Crippen molar-refractivity contribution in [1.82, 2.24) is 4.90 Å². The van der Waals surface area contributed by atoms with E-state index in [4.69, 9.17) is 4.74 Å². The van der Waals surface area contributed by atoms with Gasteiger partial charge in [0.2, 0.25) is 0 Å². The van der Waals surface area contributed by atoms with E-state index in [2.05, 4.69) is 38.1 Å². The van der Waals surface area contributed by atoms with Gasteiger partial charge in [0, 0.05) is 17.7 Å². The van der Waals surface area contributed by atoms with Crippen LogP contribution in [0, 0.1) is 13.8 Å². The third-order valence-corrected chi connectivity index (χ3v) is 5.96. The van der Waals surface area contributed by atoms with Crippen LogP contribution in [0.15, 0.2) is 54.6 Å². The smallest absolute Gasteiger partial charge is 0.255 e. The fourth-order valence-electron chi connectivity index (χ4n) is 4.53. The normalized spacial score (nSPS) is 16.9. The van der Waals surface area contributed by atoms with Gasteiger partial charge in [-0.3, -0.25) is 4.79 Å². The second-order valence-electron chi connectivity index (χ2n) is 7.44. The molecular weight excluding hydrogens is 334 g/mol. The van der Waals surface area contributed by atoms with E-state index in [-0.39, 0.29) is 11.9 Å². The molecule has 3 heteroatoms. The van der Waals surface area contributed by atoms with Gasteiger partial charge in [0.25, 0.3) is 5.91 Å². The van der Waals surface area contributed by atoms with Crippen LogP contribution in [0.5, 0.6) is 5.75 Å². The molecule has 2 heterocycles. The number of hydrogen-bond acceptors (Lipinski definition) is 2. The summed E-state index contributed by atoms with van der Waals surface area (Å²) in [6, 6.07) is 18.5. The molecule has 0 N–H and O–H groups in total. The quantitative estimate of drug-likeness (QED) is 0.612. The van der Waals surface area contributed by atoms with Crippen LogP contribution in [0.1, 0.15) is 44.2 Å². The van der Waals surface area contributed by atoms with Crippen molar-refractivity contribution < 1.29 is 9.53 Å². The molecule has 0 fully saturated rings. The molecular formula is C24H21NO2. The number of carbonyl (C=O) groups is 1. The molecule has 0 spiro atoms. The van der Waals surface area contributed by atoms with Crippen molar-refractivity contribution in [3.05, 3.63) is 88.0 Å². The third-order valence-electron chi connectivity index (χ3n) is 5.96. The Balaban J connectivity index is 1.87. The third kappa shape index (κ3) is 2.18. The number of aryl methyl sites for hydroxylation is 2. The highest BCUT2D eigenvalue weighted by molar-refractivity contribution is 6.01. The standard InChI is InChI=1S/C24H21NO2/c1-14-11-16-13-25-23(17-7-4-5-8-18(17)24(25)26)19-9-6-10-21(27-3)22(19)20(16)12-15(14)2/h4-12,23H,13H2,1-3H3. The lowest BCUT2D eigenvalue weighted by molar-refractivity contribution is 0.0738. The number of fused-ring (bicyclic) bond motifs is 7. The van der Waals surface area contributed by atoms with E-state index in [0.29, 0.717) is 6.54 Å². The fraction of sp³-hybridized carbons (Fsp3) is 0.208. The number of methoxy groups -OCH3 is 1. The molecule has 134 valence electrons. The largest absolute Gasteiger partial charge is 0.496 e. The van der Waals surface area contributed by atoms with Crippen molar-refractivity contribution in [2.45, 2.75) is 26.4 Å². The molecule has 0 saturated heterocycles. The fourth-order valence-corrected chi connectivity index (χ4v) is 4.53. The van der Waals surface area contributed by atoms with Crippen LogP contribution in [0.4, 0.5) is 0 Å².